The summed E-state index contributed by atoms with van der Waals surface area (Å²) in [5, 5.41) is 33.8. The highest BCUT2D eigenvalue weighted by molar-refractivity contribution is 5.89. The Hall–Kier alpha value is -5.74. The predicted octanol–water partition coefficient (Wildman–Crippen LogP) is 7.79. The smallest absolute Gasteiger partial charge is 0.313 e. The van der Waals surface area contributed by atoms with Crippen LogP contribution in [0, 0.1) is 11.8 Å². The summed E-state index contributed by atoms with van der Waals surface area (Å²) in [5.74, 6) is 0.781. The number of fused-ring (bicyclic) bond motifs is 2. The summed E-state index contributed by atoms with van der Waals surface area (Å²) in [6, 6.07) is 15.8. The van der Waals surface area contributed by atoms with Crippen LogP contribution >= 0.6 is 0 Å². The van der Waals surface area contributed by atoms with Crippen molar-refractivity contribution in [2.45, 2.75) is 153 Å². The Balaban J connectivity index is 0.733. The zero-order valence-corrected chi connectivity index (χ0v) is 40.1. The molecule has 3 saturated heterocycles. The molecule has 1 aromatic carbocycles. The summed E-state index contributed by atoms with van der Waals surface area (Å²) >= 11 is 0. The molecule has 1 saturated carbocycles. The average Bonchev–Trinajstić information content (AvgIpc) is 3.89. The monoisotopic (exact) mass is 933 g/mol. The minimum Gasteiger partial charge on any atom is -0.507 e. The molecule has 68 heavy (non-hydrogen) atoms. The maximum atomic E-state index is 13.9. The minimum atomic E-state index is -0.671. The summed E-state index contributed by atoms with van der Waals surface area (Å²) in [6.07, 6.45) is 11.8. The number of nitrogens with two attached hydrogens (primary N) is 1. The molecule has 4 aromatic rings. The van der Waals surface area contributed by atoms with Crippen LogP contribution in [0.5, 0.6) is 11.6 Å². The van der Waals surface area contributed by atoms with Crippen LogP contribution in [0.4, 0.5) is 23.0 Å². The summed E-state index contributed by atoms with van der Waals surface area (Å²) < 4.78 is 24.8. The first kappa shape index (κ1) is 47.3. The number of aromatic hydroxyl groups is 1. The third-order valence-corrected chi connectivity index (χ3v) is 14.4. The topological polar surface area (TPSA) is 203 Å². The van der Waals surface area contributed by atoms with Gasteiger partial charge in [0, 0.05) is 74.3 Å². The van der Waals surface area contributed by atoms with E-state index in [-0.39, 0.29) is 48.6 Å². The molecule has 16 nitrogen and oxygen atoms in total. The van der Waals surface area contributed by atoms with Crippen molar-refractivity contribution in [3.8, 4) is 22.9 Å². The highest BCUT2D eigenvalue weighted by Crippen LogP contribution is 2.41. The summed E-state index contributed by atoms with van der Waals surface area (Å²) in [7, 11) is 0. The van der Waals surface area contributed by atoms with E-state index in [2.05, 4.69) is 47.2 Å². The van der Waals surface area contributed by atoms with Gasteiger partial charge in [-0.1, -0.05) is 42.8 Å². The number of pyridine rings is 1. The molecule has 2 bridgehead atoms. The maximum absolute atomic E-state index is 13.9. The maximum Gasteiger partial charge on any atom is 0.313 e. The number of para-hydroxylation sites is 1. The molecule has 3 aromatic heterocycles. The number of aliphatic hydroxyl groups excluding tert-OH is 1. The van der Waals surface area contributed by atoms with Gasteiger partial charge in [-0.05, 0) is 115 Å². The number of benzene rings is 1. The quantitative estimate of drug-likeness (QED) is 0.0816. The number of hydrogen-bond acceptors (Lipinski definition) is 16. The fraction of sp³-hybridized carbons (Fsp3) is 0.577. The molecule has 0 spiro atoms. The zero-order valence-electron chi connectivity index (χ0n) is 40.1. The number of ether oxygens (including phenoxy) is 3. The number of aliphatic hydroxyl groups is 1. The molecule has 3 aliphatic heterocycles. The highest BCUT2D eigenvalue weighted by atomic mass is 16.6. The van der Waals surface area contributed by atoms with Crippen molar-refractivity contribution in [2.24, 2.45) is 11.8 Å². The fourth-order valence-electron chi connectivity index (χ4n) is 11.1. The number of nitrogens with zero attached hydrogens (tertiary/aromatic N) is 7. The van der Waals surface area contributed by atoms with Crippen molar-refractivity contribution in [3.05, 3.63) is 72.1 Å². The lowest BCUT2D eigenvalue weighted by molar-refractivity contribution is -0.159. The standard InChI is InChI=1S/C52H68N8O8/c1-31(2)49(45(63)24-32-10-13-36(61)26-41(32)51(64)67-52(3,4)5)46-28-47(57-68-46)58-22-19-39(20-23-58)65-37-14-16-38(17-15-37)66-48-25-33(18-21-54-48)60-34-11-12-35(60)30-59(29-34)43-27-42(55-56-50(43)53)40-8-6-7-9-44(40)62/h6-10,18,21,25,27-28,31,34-39,41,49,61-62H,11-17,19-20,22-24,26,29-30H2,1-5H3,(H2,53,56)/t34?,35?,36-,37-,38+,41+,49?/m0/s1. The number of esters is 1. The number of phenolic OH excluding ortho intramolecular Hbond substituents is 1. The first-order chi connectivity index (χ1) is 32.7. The second-order valence-corrected chi connectivity index (χ2v) is 20.8. The number of Topliss-reactive ketones (excluding diaryl/α,β-unsaturated/α-hetero) is 1. The number of hydrogen-bond donors (Lipinski definition) is 3. The molecule has 0 amide bonds. The van der Waals surface area contributed by atoms with Gasteiger partial charge in [-0.15, -0.1) is 10.2 Å². The Labute approximate surface area is 399 Å². The number of carbonyl (C=O) groups excluding carboxylic acids is 2. The SMILES string of the molecule is CC(C)C(C(=O)CC1=CC[C@H](O)C[C@H]1C(=O)OC(C)(C)C)c1cc(N2CCC(O[C@H]3CC[C@@H](Oc4cc(N5C6CCC5CN(c5cc(-c7ccccc7O)nnc5N)C6)ccn4)CC3)CC2)no1. The predicted molar refractivity (Wildman–Crippen MR) is 259 cm³/mol. The number of piperidine rings is 1. The van der Waals surface area contributed by atoms with Crippen LogP contribution in [-0.2, 0) is 19.1 Å². The molecular weight excluding hydrogens is 865 g/mol. The number of rotatable bonds is 14. The Kier molecular flexibility index (Phi) is 14.0. The van der Waals surface area contributed by atoms with Crippen molar-refractivity contribution in [1.29, 1.82) is 0 Å². The average molecular weight is 933 g/mol. The van der Waals surface area contributed by atoms with Gasteiger partial charge in [0.05, 0.1) is 41.5 Å². The normalized spacial score (nSPS) is 25.0. The fourth-order valence-corrected chi connectivity index (χ4v) is 11.1. The molecule has 2 aliphatic carbocycles. The summed E-state index contributed by atoms with van der Waals surface area (Å²) in [6.45, 7) is 12.6. The van der Waals surface area contributed by atoms with Gasteiger partial charge in [-0.3, -0.25) is 9.59 Å². The third-order valence-electron chi connectivity index (χ3n) is 14.4. The number of ketones is 1. The Bertz CT molecular complexity index is 2420. The lowest BCUT2D eigenvalue weighted by Crippen LogP contribution is -2.54. The van der Waals surface area contributed by atoms with E-state index in [0.717, 1.165) is 94.7 Å². The van der Waals surface area contributed by atoms with Crippen molar-refractivity contribution in [1.82, 2.24) is 20.3 Å². The van der Waals surface area contributed by atoms with Crippen molar-refractivity contribution in [2.75, 3.05) is 46.6 Å². The number of aromatic nitrogens is 4. The number of phenols is 1. The van der Waals surface area contributed by atoms with Gasteiger partial charge < -0.3 is 49.4 Å². The van der Waals surface area contributed by atoms with E-state index in [4.69, 9.17) is 24.5 Å². The first-order valence-corrected chi connectivity index (χ1v) is 24.7. The second kappa shape index (κ2) is 20.1. The van der Waals surface area contributed by atoms with E-state index < -0.39 is 29.5 Å². The summed E-state index contributed by atoms with van der Waals surface area (Å²) in [5.41, 5.74) is 9.62. The number of nitrogen functional groups attached to an aromatic ring is 1. The molecule has 6 heterocycles. The second-order valence-electron chi connectivity index (χ2n) is 20.8. The van der Waals surface area contributed by atoms with Crippen molar-refractivity contribution in [3.63, 3.8) is 0 Å². The van der Waals surface area contributed by atoms with E-state index in [1.54, 1.807) is 12.1 Å². The van der Waals surface area contributed by atoms with E-state index in [9.17, 15) is 19.8 Å². The Morgan fingerprint density at radius 2 is 1.60 bits per heavy atom. The van der Waals surface area contributed by atoms with Crippen LogP contribution in [0.1, 0.15) is 117 Å². The van der Waals surface area contributed by atoms with Gasteiger partial charge in [0.15, 0.2) is 11.6 Å². The van der Waals surface area contributed by atoms with Crippen LogP contribution in [0.2, 0.25) is 0 Å². The zero-order chi connectivity index (χ0) is 47.7. The van der Waals surface area contributed by atoms with Gasteiger partial charge in [0.1, 0.15) is 29.0 Å². The van der Waals surface area contributed by atoms with Gasteiger partial charge in [0.25, 0.3) is 0 Å². The highest BCUT2D eigenvalue weighted by Gasteiger charge is 2.42. The van der Waals surface area contributed by atoms with E-state index in [1.807, 2.05) is 71.2 Å². The van der Waals surface area contributed by atoms with Crippen LogP contribution in [0.25, 0.3) is 11.3 Å². The van der Waals surface area contributed by atoms with Gasteiger partial charge in [-0.2, -0.15) is 0 Å². The molecule has 4 N–H and O–H groups in total. The third kappa shape index (κ3) is 10.8. The molecule has 3 unspecified atom stereocenters. The lowest BCUT2D eigenvalue weighted by Gasteiger charge is -2.43. The molecule has 5 atom stereocenters. The molecule has 0 radical (unpaired) electrons. The van der Waals surface area contributed by atoms with Crippen molar-refractivity contribution >= 4 is 34.8 Å². The lowest BCUT2D eigenvalue weighted by atomic mass is 9.79. The van der Waals surface area contributed by atoms with Crippen LogP contribution in [-0.4, -0.2) is 111 Å². The van der Waals surface area contributed by atoms with E-state index >= 15 is 0 Å². The van der Waals surface area contributed by atoms with Gasteiger partial charge in [0.2, 0.25) is 5.88 Å². The van der Waals surface area contributed by atoms with E-state index in [1.165, 1.54) is 0 Å². The molecule has 4 fully saturated rings. The van der Waals surface area contributed by atoms with Gasteiger partial charge in [-0.25, -0.2) is 4.98 Å². The molecular formula is C52H68N8O8. The Morgan fingerprint density at radius 1 is 0.897 bits per heavy atom. The first-order valence-electron chi connectivity index (χ1n) is 24.7. The van der Waals surface area contributed by atoms with Crippen LogP contribution in [0.3, 0.4) is 0 Å². The van der Waals surface area contributed by atoms with Crippen LogP contribution in [0.15, 0.2) is 70.9 Å². The Morgan fingerprint density at radius 3 is 2.31 bits per heavy atom. The van der Waals surface area contributed by atoms with Crippen molar-refractivity contribution < 1.29 is 38.5 Å². The molecule has 5 aliphatic rings. The number of anilines is 4. The molecule has 9 rings (SSSR count). The van der Waals surface area contributed by atoms with E-state index in [0.29, 0.717) is 52.8 Å². The largest absolute Gasteiger partial charge is 0.507 e. The number of carbonyl (C=O) groups is 2. The molecule has 16 heteroatoms. The minimum absolute atomic E-state index is 0.0398. The summed E-state index contributed by atoms with van der Waals surface area (Å²) in [4.78, 5) is 38.7. The van der Waals surface area contributed by atoms with Crippen LogP contribution < -0.4 is 25.2 Å². The van der Waals surface area contributed by atoms with Gasteiger partial charge >= 0.3 is 5.97 Å². The number of piperazine rings is 1. The molecule has 364 valence electrons.